The predicted octanol–water partition coefficient (Wildman–Crippen LogP) is 5.64. The second-order valence-corrected chi connectivity index (χ2v) is 9.03. The number of carbonyl (C=O) groups excluding carboxylic acids is 3. The zero-order valence-corrected chi connectivity index (χ0v) is 19.5. The van der Waals surface area contributed by atoms with E-state index in [4.69, 9.17) is 11.6 Å². The van der Waals surface area contributed by atoms with Crippen LogP contribution in [0.15, 0.2) is 77.3 Å². The summed E-state index contributed by atoms with van der Waals surface area (Å²) in [4.78, 5) is 37.4. The van der Waals surface area contributed by atoms with Crippen LogP contribution >= 0.6 is 38.9 Å². The van der Waals surface area contributed by atoms with Crippen molar-refractivity contribution in [2.24, 2.45) is 0 Å². The molecule has 4 aromatic rings. The number of hydrogen-bond acceptors (Lipinski definition) is 4. The van der Waals surface area contributed by atoms with Gasteiger partial charge in [0.05, 0.1) is 5.02 Å². The number of nitrogens with one attached hydrogen (secondary N) is 3. The number of carbonyl (C=O) groups is 3. The van der Waals surface area contributed by atoms with Crippen LogP contribution in [0.25, 0.3) is 10.1 Å². The summed E-state index contributed by atoms with van der Waals surface area (Å²) in [6.07, 6.45) is 0. The van der Waals surface area contributed by atoms with E-state index >= 15 is 0 Å². The first kappa shape index (κ1) is 22.0. The van der Waals surface area contributed by atoms with Gasteiger partial charge in [-0.25, -0.2) is 0 Å². The molecule has 1 aromatic heterocycles. The highest BCUT2D eigenvalue weighted by atomic mass is 79.9. The third-order valence-electron chi connectivity index (χ3n) is 4.54. The molecular formula is C23H15BrClN3O3S. The summed E-state index contributed by atoms with van der Waals surface area (Å²) in [5.74, 6) is -1.26. The average molecular weight is 529 g/mol. The molecule has 0 aliphatic rings. The lowest BCUT2D eigenvalue weighted by Crippen LogP contribution is -2.41. The number of anilines is 1. The summed E-state index contributed by atoms with van der Waals surface area (Å²) in [7, 11) is 0. The lowest BCUT2D eigenvalue weighted by atomic mass is 10.1. The van der Waals surface area contributed by atoms with Crippen LogP contribution in [0.3, 0.4) is 0 Å². The smallest absolute Gasteiger partial charge is 0.281 e. The van der Waals surface area contributed by atoms with Crippen molar-refractivity contribution in [2.45, 2.75) is 0 Å². The molecular weight excluding hydrogens is 514 g/mol. The van der Waals surface area contributed by atoms with Crippen molar-refractivity contribution in [3.63, 3.8) is 0 Å². The number of fused-ring (bicyclic) bond motifs is 1. The lowest BCUT2D eigenvalue weighted by molar-refractivity contribution is 0.0849. The molecule has 32 heavy (non-hydrogen) atoms. The zero-order chi connectivity index (χ0) is 22.7. The Morgan fingerprint density at radius 3 is 2.03 bits per heavy atom. The molecule has 0 saturated carbocycles. The van der Waals surface area contributed by atoms with Gasteiger partial charge in [0.1, 0.15) is 4.88 Å². The molecule has 3 aromatic carbocycles. The van der Waals surface area contributed by atoms with Gasteiger partial charge in [-0.1, -0.05) is 45.7 Å². The van der Waals surface area contributed by atoms with Crippen LogP contribution in [0, 0.1) is 0 Å². The van der Waals surface area contributed by atoms with Gasteiger partial charge >= 0.3 is 0 Å². The van der Waals surface area contributed by atoms with E-state index in [9.17, 15) is 14.4 Å². The van der Waals surface area contributed by atoms with Gasteiger partial charge in [-0.15, -0.1) is 11.3 Å². The molecule has 0 fully saturated rings. The van der Waals surface area contributed by atoms with Crippen molar-refractivity contribution in [1.82, 2.24) is 10.9 Å². The van der Waals surface area contributed by atoms with Crippen LogP contribution in [0.4, 0.5) is 5.69 Å². The quantitative estimate of drug-likeness (QED) is 0.299. The van der Waals surface area contributed by atoms with E-state index in [-0.39, 0.29) is 5.91 Å². The molecule has 0 bridgehead atoms. The number of rotatable bonds is 4. The minimum Gasteiger partial charge on any atom is -0.322 e. The minimum absolute atomic E-state index is 0.262. The van der Waals surface area contributed by atoms with Gasteiger partial charge in [0.2, 0.25) is 0 Å². The van der Waals surface area contributed by atoms with E-state index in [2.05, 4.69) is 32.1 Å². The number of hydrazine groups is 1. The first-order valence-electron chi connectivity index (χ1n) is 9.37. The highest BCUT2D eigenvalue weighted by Gasteiger charge is 2.17. The van der Waals surface area contributed by atoms with Crippen LogP contribution in [0.1, 0.15) is 30.4 Å². The van der Waals surface area contributed by atoms with Gasteiger partial charge in [0.25, 0.3) is 17.7 Å². The molecule has 0 radical (unpaired) electrons. The van der Waals surface area contributed by atoms with Crippen LogP contribution in [-0.4, -0.2) is 17.7 Å². The van der Waals surface area contributed by atoms with Gasteiger partial charge in [-0.05, 0) is 54.6 Å². The molecule has 3 N–H and O–H groups in total. The molecule has 9 heteroatoms. The third kappa shape index (κ3) is 4.83. The fraction of sp³-hybridized carbons (Fsp3) is 0. The van der Waals surface area contributed by atoms with Crippen LogP contribution in [0.5, 0.6) is 0 Å². The number of thiophene rings is 1. The number of amides is 3. The van der Waals surface area contributed by atoms with E-state index in [0.717, 1.165) is 14.6 Å². The number of halogens is 2. The second kappa shape index (κ2) is 9.52. The molecule has 0 saturated heterocycles. The Balaban J connectivity index is 1.36. The van der Waals surface area contributed by atoms with E-state index in [0.29, 0.717) is 26.7 Å². The normalized spacial score (nSPS) is 10.6. The maximum Gasteiger partial charge on any atom is 0.281 e. The fourth-order valence-corrected chi connectivity index (χ4v) is 4.59. The molecule has 3 amide bonds. The minimum atomic E-state index is -0.499. The second-order valence-electron chi connectivity index (χ2n) is 6.69. The van der Waals surface area contributed by atoms with Gasteiger partial charge in [0, 0.05) is 31.4 Å². The van der Waals surface area contributed by atoms with Crippen molar-refractivity contribution in [3.05, 3.63) is 98.3 Å². The Kier molecular flexibility index (Phi) is 6.55. The molecule has 0 aliphatic heterocycles. The van der Waals surface area contributed by atoms with E-state index < -0.39 is 11.8 Å². The summed E-state index contributed by atoms with van der Waals surface area (Å²) in [5.41, 5.74) is 6.13. The monoisotopic (exact) mass is 527 g/mol. The molecule has 160 valence electrons. The molecule has 0 atom stereocenters. The van der Waals surface area contributed by atoms with Gasteiger partial charge in [-0.3, -0.25) is 25.2 Å². The van der Waals surface area contributed by atoms with Gasteiger partial charge in [-0.2, -0.15) is 0 Å². The van der Waals surface area contributed by atoms with Crippen LogP contribution < -0.4 is 16.2 Å². The zero-order valence-electron chi connectivity index (χ0n) is 16.3. The maximum absolute atomic E-state index is 12.5. The van der Waals surface area contributed by atoms with Crippen molar-refractivity contribution < 1.29 is 14.4 Å². The van der Waals surface area contributed by atoms with Crippen molar-refractivity contribution in [2.75, 3.05) is 5.32 Å². The average Bonchev–Trinajstić information content (AvgIpc) is 3.15. The van der Waals surface area contributed by atoms with E-state index in [1.807, 2.05) is 24.3 Å². The summed E-state index contributed by atoms with van der Waals surface area (Å²) in [6, 6.07) is 20.7. The summed E-state index contributed by atoms with van der Waals surface area (Å²) >= 11 is 10.9. The topological polar surface area (TPSA) is 87.3 Å². The molecule has 4 rings (SSSR count). The Bertz CT molecular complexity index is 1320. The highest BCUT2D eigenvalue weighted by Crippen LogP contribution is 2.34. The van der Waals surface area contributed by atoms with Crippen LogP contribution in [-0.2, 0) is 0 Å². The lowest BCUT2D eigenvalue weighted by Gasteiger charge is -2.08. The third-order valence-corrected chi connectivity index (χ3v) is 6.74. The Morgan fingerprint density at radius 2 is 1.34 bits per heavy atom. The summed E-state index contributed by atoms with van der Waals surface area (Å²) < 4.78 is 1.76. The first-order valence-corrected chi connectivity index (χ1v) is 11.4. The summed E-state index contributed by atoms with van der Waals surface area (Å²) in [5, 5.41) is 3.90. The Morgan fingerprint density at radius 1 is 0.750 bits per heavy atom. The Labute approximate surface area is 200 Å². The van der Waals surface area contributed by atoms with E-state index in [1.54, 1.807) is 48.5 Å². The van der Waals surface area contributed by atoms with Crippen molar-refractivity contribution >= 4 is 72.4 Å². The largest absolute Gasteiger partial charge is 0.322 e. The van der Waals surface area contributed by atoms with Crippen molar-refractivity contribution in [1.29, 1.82) is 0 Å². The SMILES string of the molecule is O=C(NNC(=O)c1sc2ccccc2c1Cl)c1ccc(NC(=O)c2ccc(Br)cc2)cc1. The van der Waals surface area contributed by atoms with E-state index in [1.165, 1.54) is 11.3 Å². The molecule has 6 nitrogen and oxygen atoms in total. The molecule has 0 unspecified atom stereocenters. The predicted molar refractivity (Wildman–Crippen MR) is 130 cm³/mol. The fourth-order valence-electron chi connectivity index (χ4n) is 2.91. The molecule has 1 heterocycles. The van der Waals surface area contributed by atoms with Gasteiger partial charge in [0.15, 0.2) is 0 Å². The molecule has 0 aliphatic carbocycles. The first-order chi connectivity index (χ1) is 15.4. The highest BCUT2D eigenvalue weighted by molar-refractivity contribution is 9.10. The number of benzene rings is 3. The number of hydrogen-bond donors (Lipinski definition) is 3. The van der Waals surface area contributed by atoms with Gasteiger partial charge < -0.3 is 5.32 Å². The summed E-state index contributed by atoms with van der Waals surface area (Å²) in [6.45, 7) is 0. The standard InChI is InChI=1S/C23H15BrClN3O3S/c24-15-9-5-13(6-10-15)21(29)26-16-11-7-14(8-12-16)22(30)27-28-23(31)20-19(25)17-3-1-2-4-18(17)32-20/h1-12H,(H,26,29)(H,27,30)(H,28,31). The van der Waals surface area contributed by atoms with Crippen molar-refractivity contribution in [3.8, 4) is 0 Å². The molecule has 0 spiro atoms. The van der Waals surface area contributed by atoms with Crippen LogP contribution in [0.2, 0.25) is 5.02 Å². The maximum atomic E-state index is 12.5. The Hall–Kier alpha value is -3.20.